The summed E-state index contributed by atoms with van der Waals surface area (Å²) in [7, 11) is -4.51. The number of benzene rings is 1. The summed E-state index contributed by atoms with van der Waals surface area (Å²) < 4.78 is 57.3. The van der Waals surface area contributed by atoms with E-state index in [0.29, 0.717) is 0 Å². The van der Waals surface area contributed by atoms with E-state index in [9.17, 15) is 17.3 Å². The molecule has 20 heavy (non-hydrogen) atoms. The zero-order chi connectivity index (χ0) is 15.1. The lowest BCUT2D eigenvalue weighted by atomic mass is 10.1. The van der Waals surface area contributed by atoms with E-state index in [1.807, 2.05) is 0 Å². The van der Waals surface area contributed by atoms with Crippen molar-refractivity contribution in [3.8, 4) is 0 Å². The number of hydrogen-bond acceptors (Lipinski definition) is 6. The van der Waals surface area contributed by atoms with E-state index in [-0.39, 0.29) is 10.6 Å². The van der Waals surface area contributed by atoms with Crippen LogP contribution in [-0.2, 0) is 10.1 Å². The minimum Gasteiger partial charge on any atom is -0.393 e. The fourth-order valence-electron chi connectivity index (χ4n) is 1.46. The van der Waals surface area contributed by atoms with Gasteiger partial charge in [-0.15, -0.1) is 5.10 Å². The van der Waals surface area contributed by atoms with Gasteiger partial charge in [0.15, 0.2) is 0 Å². The van der Waals surface area contributed by atoms with Gasteiger partial charge in [-0.25, -0.2) is 5.43 Å². The molecule has 11 heteroatoms. The summed E-state index contributed by atoms with van der Waals surface area (Å²) in [4.78, 5) is -0.517. The number of hydrazine groups is 1. The number of rotatable bonds is 2. The third-order valence-corrected chi connectivity index (χ3v) is 3.54. The van der Waals surface area contributed by atoms with Gasteiger partial charge in [0.1, 0.15) is 11.4 Å². The minimum atomic E-state index is -4.51. The molecule has 7 nitrogen and oxygen atoms in total. The summed E-state index contributed by atoms with van der Waals surface area (Å²) in [6.07, 6.45) is 0. The van der Waals surface area contributed by atoms with E-state index in [1.54, 1.807) is 5.43 Å². The number of hydrazone groups is 1. The lowest BCUT2D eigenvalue weighted by molar-refractivity contribution is -0.0283. The normalized spacial score (nSPS) is 16.0. The summed E-state index contributed by atoms with van der Waals surface area (Å²) in [5.41, 5.74) is 5.81. The standard InChI is InChI=1S/C9H7ClF2N4O3S/c10-6-2-1-4(20(17,18)19)3-5(6)8-7(13)9(11)15-16(12)14-8/h1-3,15H,13H2,(H,17,18,19). The molecule has 0 fully saturated rings. The predicted octanol–water partition coefficient (Wildman–Crippen LogP) is 1.09. The number of nitrogens with one attached hydrogen (secondary N) is 1. The van der Waals surface area contributed by atoms with Crippen LogP contribution in [0.1, 0.15) is 5.56 Å². The monoisotopic (exact) mass is 324 g/mol. The maximum Gasteiger partial charge on any atom is 0.294 e. The van der Waals surface area contributed by atoms with Gasteiger partial charge in [-0.2, -0.15) is 12.8 Å². The Kier molecular flexibility index (Phi) is 3.54. The maximum atomic E-state index is 13.3. The molecule has 0 radical (unpaired) electrons. The molecule has 1 heterocycles. The molecule has 0 spiro atoms. The molecule has 4 N–H and O–H groups in total. The second-order valence-corrected chi connectivity index (χ2v) is 5.49. The third kappa shape index (κ3) is 2.66. The molecule has 1 aromatic rings. The van der Waals surface area contributed by atoms with Gasteiger partial charge >= 0.3 is 0 Å². The molecule has 1 aliphatic heterocycles. The summed E-state index contributed by atoms with van der Waals surface area (Å²) in [5.74, 6) is -1.22. The first-order valence-corrected chi connectivity index (χ1v) is 6.76. The van der Waals surface area contributed by atoms with Crippen LogP contribution in [0.25, 0.3) is 0 Å². The Morgan fingerprint density at radius 3 is 2.70 bits per heavy atom. The molecule has 0 saturated carbocycles. The largest absolute Gasteiger partial charge is 0.393 e. The highest BCUT2D eigenvalue weighted by atomic mass is 35.5. The van der Waals surface area contributed by atoms with Crippen LogP contribution in [0.2, 0.25) is 5.02 Å². The maximum absolute atomic E-state index is 13.3. The first-order chi connectivity index (χ1) is 9.20. The summed E-state index contributed by atoms with van der Waals surface area (Å²) >= 11 is 5.82. The smallest absolute Gasteiger partial charge is 0.294 e. The van der Waals surface area contributed by atoms with Crippen molar-refractivity contribution in [2.24, 2.45) is 10.8 Å². The van der Waals surface area contributed by atoms with E-state index < -0.39 is 37.7 Å². The number of allylic oxidation sites excluding steroid dienone is 1. The van der Waals surface area contributed by atoms with Crippen molar-refractivity contribution in [3.05, 3.63) is 40.4 Å². The van der Waals surface area contributed by atoms with E-state index in [0.717, 1.165) is 18.2 Å². The van der Waals surface area contributed by atoms with Gasteiger partial charge in [0.05, 0.1) is 9.92 Å². The van der Waals surface area contributed by atoms with E-state index in [2.05, 4.69) is 5.10 Å². The number of nitrogens with zero attached hydrogens (tertiary/aromatic N) is 2. The summed E-state index contributed by atoms with van der Waals surface area (Å²) in [6, 6.07) is 3.04. The lowest BCUT2D eigenvalue weighted by Crippen LogP contribution is -2.35. The first kappa shape index (κ1) is 14.5. The van der Waals surface area contributed by atoms with E-state index in [4.69, 9.17) is 21.9 Å². The Labute approximate surface area is 117 Å². The van der Waals surface area contributed by atoms with Crippen LogP contribution in [0.3, 0.4) is 0 Å². The molecule has 2 rings (SSSR count). The SMILES string of the molecule is NC1=C(F)NN(F)N=C1c1cc(S(=O)(=O)O)ccc1Cl. The van der Waals surface area contributed by atoms with Crippen molar-refractivity contribution in [2.75, 3.05) is 0 Å². The van der Waals surface area contributed by atoms with Crippen molar-refractivity contribution in [2.45, 2.75) is 4.90 Å². The topological polar surface area (TPSA) is 108 Å². The van der Waals surface area contributed by atoms with Crippen molar-refractivity contribution in [3.63, 3.8) is 0 Å². The molecule has 0 atom stereocenters. The average molecular weight is 325 g/mol. The van der Waals surface area contributed by atoms with Crippen molar-refractivity contribution in [1.29, 1.82) is 0 Å². The number of hydrogen-bond donors (Lipinski definition) is 3. The molecule has 108 valence electrons. The highest BCUT2D eigenvalue weighted by Gasteiger charge is 2.24. The number of nitrogens with two attached hydrogens (primary N) is 1. The molecule has 0 unspecified atom stereocenters. The zero-order valence-corrected chi connectivity index (χ0v) is 11.1. The van der Waals surface area contributed by atoms with E-state index >= 15 is 0 Å². The van der Waals surface area contributed by atoms with E-state index in [1.165, 1.54) is 0 Å². The predicted molar refractivity (Wildman–Crippen MR) is 66.2 cm³/mol. The van der Waals surface area contributed by atoms with Gasteiger partial charge in [-0.05, 0) is 23.5 Å². The van der Waals surface area contributed by atoms with Crippen LogP contribution >= 0.6 is 11.6 Å². The molecule has 0 bridgehead atoms. The second kappa shape index (κ2) is 4.89. The zero-order valence-electron chi connectivity index (χ0n) is 9.51. The second-order valence-electron chi connectivity index (χ2n) is 3.66. The van der Waals surface area contributed by atoms with Crippen LogP contribution in [0.15, 0.2) is 39.8 Å². The molecular weight excluding hydrogens is 318 g/mol. The molecule has 1 aromatic carbocycles. The molecule has 0 amide bonds. The Balaban J connectivity index is 2.64. The fraction of sp³-hybridized carbons (Fsp3) is 0. The first-order valence-electron chi connectivity index (χ1n) is 4.94. The van der Waals surface area contributed by atoms with Gasteiger partial charge in [-0.1, -0.05) is 16.1 Å². The molecule has 0 aliphatic carbocycles. The quantitative estimate of drug-likeness (QED) is 0.427. The highest BCUT2D eigenvalue weighted by molar-refractivity contribution is 7.85. The van der Waals surface area contributed by atoms with Crippen LogP contribution in [0.5, 0.6) is 0 Å². The summed E-state index contributed by atoms with van der Waals surface area (Å²) in [5, 5.41) is 2.76. The summed E-state index contributed by atoms with van der Waals surface area (Å²) in [6.45, 7) is 0. The molecule has 1 aliphatic rings. The van der Waals surface area contributed by atoms with Gasteiger partial charge in [0, 0.05) is 5.56 Å². The average Bonchev–Trinajstić information content (AvgIpc) is 2.33. The van der Waals surface area contributed by atoms with Crippen molar-refractivity contribution < 1.29 is 21.8 Å². The Morgan fingerprint density at radius 1 is 1.45 bits per heavy atom. The van der Waals surface area contributed by atoms with Gasteiger partial charge < -0.3 is 5.73 Å². The minimum absolute atomic E-state index is 0.0535. The molecule has 0 aromatic heterocycles. The van der Waals surface area contributed by atoms with Crippen molar-refractivity contribution >= 4 is 27.4 Å². The van der Waals surface area contributed by atoms with Crippen LogP contribution in [-0.4, -0.2) is 24.0 Å². The van der Waals surface area contributed by atoms with Gasteiger partial charge in [-0.3, -0.25) is 4.55 Å². The van der Waals surface area contributed by atoms with Crippen LogP contribution in [0.4, 0.5) is 8.87 Å². The molecule has 0 saturated heterocycles. The van der Waals surface area contributed by atoms with Crippen molar-refractivity contribution in [1.82, 2.24) is 10.8 Å². The fourth-order valence-corrected chi connectivity index (χ4v) is 2.17. The molecular formula is C9H7ClF2N4O3S. The third-order valence-electron chi connectivity index (χ3n) is 2.36. The Bertz CT molecular complexity index is 735. The Hall–Kier alpha value is -1.91. The van der Waals surface area contributed by atoms with Crippen LogP contribution in [0, 0.1) is 0 Å². The van der Waals surface area contributed by atoms with Gasteiger partial charge in [0.25, 0.3) is 10.1 Å². The highest BCUT2D eigenvalue weighted by Crippen LogP contribution is 2.25. The van der Waals surface area contributed by atoms with Crippen LogP contribution < -0.4 is 11.2 Å². The number of halogens is 3. The van der Waals surface area contributed by atoms with Gasteiger partial charge in [0.2, 0.25) is 5.95 Å². The Morgan fingerprint density at radius 2 is 2.10 bits per heavy atom. The lowest BCUT2D eigenvalue weighted by Gasteiger charge is -2.19.